The van der Waals surface area contributed by atoms with Crippen molar-refractivity contribution in [3.8, 4) is 17.5 Å². The number of benzene rings is 1. The SMILES string of the molecule is CCOc1ncccc1NC(=O)c1ccc(Oc2cccc(Br)c2)nc1. The Balaban J connectivity index is 1.69. The molecule has 0 atom stereocenters. The number of halogens is 1. The predicted molar refractivity (Wildman–Crippen MR) is 102 cm³/mol. The third kappa shape index (κ3) is 4.58. The number of nitrogens with zero attached hydrogens (tertiary/aromatic N) is 2. The Morgan fingerprint density at radius 1 is 1.15 bits per heavy atom. The Morgan fingerprint density at radius 2 is 2.04 bits per heavy atom. The van der Waals surface area contributed by atoms with Crippen LogP contribution in [0.5, 0.6) is 17.5 Å². The maximum atomic E-state index is 12.4. The number of nitrogens with one attached hydrogen (secondary N) is 1. The van der Waals surface area contributed by atoms with Crippen molar-refractivity contribution in [3.63, 3.8) is 0 Å². The predicted octanol–water partition coefficient (Wildman–Crippen LogP) is 4.68. The first-order valence-corrected chi connectivity index (χ1v) is 8.73. The van der Waals surface area contributed by atoms with Crippen molar-refractivity contribution in [3.05, 3.63) is 71.0 Å². The van der Waals surface area contributed by atoms with E-state index in [1.54, 1.807) is 30.5 Å². The summed E-state index contributed by atoms with van der Waals surface area (Å²) in [5.74, 6) is 1.13. The molecule has 0 saturated carbocycles. The normalized spacial score (nSPS) is 10.2. The first-order valence-electron chi connectivity index (χ1n) is 7.94. The molecule has 1 amide bonds. The third-order valence-electron chi connectivity index (χ3n) is 3.32. The first kappa shape index (κ1) is 17.9. The van der Waals surface area contributed by atoms with Crippen LogP contribution in [0.25, 0.3) is 0 Å². The number of ether oxygens (including phenoxy) is 2. The zero-order valence-corrected chi connectivity index (χ0v) is 15.6. The van der Waals surface area contributed by atoms with Gasteiger partial charge in [-0.1, -0.05) is 22.0 Å². The quantitative estimate of drug-likeness (QED) is 0.634. The molecule has 0 aliphatic heterocycles. The van der Waals surface area contributed by atoms with Gasteiger partial charge in [0.1, 0.15) is 11.4 Å². The van der Waals surface area contributed by atoms with E-state index in [-0.39, 0.29) is 5.91 Å². The lowest BCUT2D eigenvalue weighted by Gasteiger charge is -2.10. The Bertz CT molecular complexity index is 901. The van der Waals surface area contributed by atoms with E-state index in [1.165, 1.54) is 6.20 Å². The van der Waals surface area contributed by atoms with Crippen LogP contribution in [-0.4, -0.2) is 22.5 Å². The number of carbonyl (C=O) groups is 1. The number of aromatic nitrogens is 2. The molecule has 0 spiro atoms. The molecule has 0 aliphatic rings. The molecule has 1 N–H and O–H groups in total. The third-order valence-corrected chi connectivity index (χ3v) is 3.81. The molecule has 132 valence electrons. The molecule has 2 aromatic heterocycles. The Kier molecular flexibility index (Phi) is 5.80. The van der Waals surface area contributed by atoms with Gasteiger partial charge in [-0.05, 0) is 43.3 Å². The molecular weight excluding hydrogens is 398 g/mol. The summed E-state index contributed by atoms with van der Waals surface area (Å²) in [6, 6.07) is 14.2. The molecule has 3 aromatic rings. The number of hydrogen-bond acceptors (Lipinski definition) is 5. The number of anilines is 1. The summed E-state index contributed by atoms with van der Waals surface area (Å²) in [7, 11) is 0. The first-order chi connectivity index (χ1) is 12.7. The lowest BCUT2D eigenvalue weighted by atomic mass is 10.2. The molecule has 7 heteroatoms. The van der Waals surface area contributed by atoms with Gasteiger partial charge in [-0.3, -0.25) is 4.79 Å². The lowest BCUT2D eigenvalue weighted by Crippen LogP contribution is -2.13. The van der Waals surface area contributed by atoms with Crippen LogP contribution in [0.15, 0.2) is 65.4 Å². The lowest BCUT2D eigenvalue weighted by molar-refractivity contribution is 0.102. The summed E-state index contributed by atoms with van der Waals surface area (Å²) < 4.78 is 12.0. The molecule has 0 bridgehead atoms. The van der Waals surface area contributed by atoms with Crippen LogP contribution >= 0.6 is 15.9 Å². The van der Waals surface area contributed by atoms with Crippen molar-refractivity contribution in [2.75, 3.05) is 11.9 Å². The van der Waals surface area contributed by atoms with E-state index < -0.39 is 0 Å². The molecule has 26 heavy (non-hydrogen) atoms. The van der Waals surface area contributed by atoms with Gasteiger partial charge in [0.2, 0.25) is 11.8 Å². The van der Waals surface area contributed by atoms with Crippen LogP contribution in [-0.2, 0) is 0 Å². The van der Waals surface area contributed by atoms with E-state index in [2.05, 4.69) is 31.2 Å². The second-order valence-corrected chi connectivity index (χ2v) is 6.10. The molecule has 6 nitrogen and oxygen atoms in total. The fourth-order valence-corrected chi connectivity index (χ4v) is 2.54. The second-order valence-electron chi connectivity index (χ2n) is 5.19. The molecule has 0 fully saturated rings. The monoisotopic (exact) mass is 413 g/mol. The smallest absolute Gasteiger partial charge is 0.257 e. The van der Waals surface area contributed by atoms with Crippen molar-refractivity contribution >= 4 is 27.5 Å². The maximum Gasteiger partial charge on any atom is 0.257 e. The maximum absolute atomic E-state index is 12.4. The summed E-state index contributed by atoms with van der Waals surface area (Å²) in [6.07, 6.45) is 3.07. The number of amides is 1. The largest absolute Gasteiger partial charge is 0.476 e. The minimum atomic E-state index is -0.305. The van der Waals surface area contributed by atoms with E-state index in [9.17, 15) is 4.79 Å². The van der Waals surface area contributed by atoms with Crippen molar-refractivity contribution in [1.82, 2.24) is 9.97 Å². The van der Waals surface area contributed by atoms with Gasteiger partial charge < -0.3 is 14.8 Å². The summed E-state index contributed by atoms with van der Waals surface area (Å²) in [5, 5.41) is 2.77. The molecular formula is C19H16BrN3O3. The Labute approximate surface area is 159 Å². The molecule has 0 aliphatic carbocycles. The fraction of sp³-hybridized carbons (Fsp3) is 0.105. The average Bonchev–Trinajstić information content (AvgIpc) is 2.64. The summed E-state index contributed by atoms with van der Waals surface area (Å²) in [4.78, 5) is 20.7. The number of pyridine rings is 2. The summed E-state index contributed by atoms with van der Waals surface area (Å²) >= 11 is 3.39. The Morgan fingerprint density at radius 3 is 2.77 bits per heavy atom. The molecule has 3 rings (SSSR count). The summed E-state index contributed by atoms with van der Waals surface area (Å²) in [5.41, 5.74) is 0.909. The van der Waals surface area contributed by atoms with Crippen molar-refractivity contribution in [2.45, 2.75) is 6.92 Å². The molecule has 0 saturated heterocycles. The van der Waals surface area contributed by atoms with E-state index in [0.29, 0.717) is 35.4 Å². The average molecular weight is 414 g/mol. The minimum Gasteiger partial charge on any atom is -0.476 e. The number of rotatable bonds is 6. The van der Waals surface area contributed by atoms with Gasteiger partial charge in [0.15, 0.2) is 0 Å². The Hall–Kier alpha value is -2.93. The minimum absolute atomic E-state index is 0.305. The van der Waals surface area contributed by atoms with E-state index in [1.807, 2.05) is 31.2 Å². The molecule has 2 heterocycles. The van der Waals surface area contributed by atoms with Gasteiger partial charge in [-0.2, -0.15) is 0 Å². The van der Waals surface area contributed by atoms with Crippen molar-refractivity contribution in [2.24, 2.45) is 0 Å². The van der Waals surface area contributed by atoms with Gasteiger partial charge in [0, 0.05) is 22.9 Å². The van der Waals surface area contributed by atoms with Crippen molar-refractivity contribution in [1.29, 1.82) is 0 Å². The highest BCUT2D eigenvalue weighted by Gasteiger charge is 2.11. The topological polar surface area (TPSA) is 73.3 Å². The van der Waals surface area contributed by atoms with Crippen LogP contribution in [0.1, 0.15) is 17.3 Å². The van der Waals surface area contributed by atoms with E-state index in [4.69, 9.17) is 9.47 Å². The van der Waals surface area contributed by atoms with Gasteiger partial charge in [-0.15, -0.1) is 0 Å². The fourth-order valence-electron chi connectivity index (χ4n) is 2.16. The van der Waals surface area contributed by atoms with Crippen LogP contribution < -0.4 is 14.8 Å². The van der Waals surface area contributed by atoms with Crippen LogP contribution in [0, 0.1) is 0 Å². The standard InChI is InChI=1S/C19H16BrN3O3/c1-2-25-19-16(7-4-10-21-19)23-18(24)13-8-9-17(22-12-13)26-15-6-3-5-14(20)11-15/h3-12H,2H2,1H3,(H,23,24). The van der Waals surface area contributed by atoms with Crippen LogP contribution in [0.4, 0.5) is 5.69 Å². The molecule has 0 unspecified atom stereocenters. The van der Waals surface area contributed by atoms with Gasteiger partial charge in [0.25, 0.3) is 5.91 Å². The van der Waals surface area contributed by atoms with Gasteiger partial charge >= 0.3 is 0 Å². The van der Waals surface area contributed by atoms with E-state index >= 15 is 0 Å². The number of carbonyl (C=O) groups excluding carboxylic acids is 1. The highest BCUT2D eigenvalue weighted by Crippen LogP contribution is 2.24. The highest BCUT2D eigenvalue weighted by atomic mass is 79.9. The van der Waals surface area contributed by atoms with Crippen molar-refractivity contribution < 1.29 is 14.3 Å². The second kappa shape index (κ2) is 8.44. The zero-order valence-electron chi connectivity index (χ0n) is 14.0. The van der Waals surface area contributed by atoms with Gasteiger partial charge in [0.05, 0.1) is 12.2 Å². The molecule has 1 aromatic carbocycles. The van der Waals surface area contributed by atoms with Crippen LogP contribution in [0.3, 0.4) is 0 Å². The highest BCUT2D eigenvalue weighted by molar-refractivity contribution is 9.10. The van der Waals surface area contributed by atoms with Crippen LogP contribution in [0.2, 0.25) is 0 Å². The number of hydrogen-bond donors (Lipinski definition) is 1. The zero-order chi connectivity index (χ0) is 18.4. The van der Waals surface area contributed by atoms with Gasteiger partial charge in [-0.25, -0.2) is 9.97 Å². The van der Waals surface area contributed by atoms with E-state index in [0.717, 1.165) is 4.47 Å². The molecule has 0 radical (unpaired) electrons. The summed E-state index contributed by atoms with van der Waals surface area (Å²) in [6.45, 7) is 2.32.